The molecule has 1 N–H and O–H groups in total. The van der Waals surface area contributed by atoms with Crippen molar-refractivity contribution in [3.8, 4) is 0 Å². The van der Waals surface area contributed by atoms with E-state index in [1.807, 2.05) is 31.2 Å². The maximum absolute atomic E-state index is 6.40. The minimum Gasteiger partial charge on any atom is -0.306 e. The van der Waals surface area contributed by atoms with E-state index < -0.39 is 0 Å². The van der Waals surface area contributed by atoms with E-state index in [2.05, 4.69) is 21.2 Å². The Morgan fingerprint density at radius 1 is 1.10 bits per heavy atom. The van der Waals surface area contributed by atoms with Crippen LogP contribution in [0, 0.1) is 0 Å². The first-order chi connectivity index (χ1) is 9.54. The molecule has 5 heteroatoms. The molecule has 0 aromatic heterocycles. The van der Waals surface area contributed by atoms with Gasteiger partial charge in [0.15, 0.2) is 0 Å². The largest absolute Gasteiger partial charge is 0.306 e. The zero-order valence-corrected chi connectivity index (χ0v) is 14.6. The Kier molecular flexibility index (Phi) is 5.76. The van der Waals surface area contributed by atoms with Gasteiger partial charge in [0.1, 0.15) is 0 Å². The molecule has 0 aliphatic rings. The van der Waals surface area contributed by atoms with Gasteiger partial charge in [-0.05, 0) is 57.9 Å². The summed E-state index contributed by atoms with van der Waals surface area (Å²) in [4.78, 5) is 0. The van der Waals surface area contributed by atoms with E-state index in [-0.39, 0.29) is 6.04 Å². The van der Waals surface area contributed by atoms with E-state index in [0.29, 0.717) is 15.1 Å². The van der Waals surface area contributed by atoms with Crippen molar-refractivity contribution in [2.24, 2.45) is 0 Å². The Labute approximate surface area is 142 Å². The molecule has 2 aromatic carbocycles. The summed E-state index contributed by atoms with van der Waals surface area (Å²) in [5.74, 6) is 0. The van der Waals surface area contributed by atoms with Crippen molar-refractivity contribution in [2.45, 2.75) is 13.0 Å². The van der Waals surface area contributed by atoms with Gasteiger partial charge in [0, 0.05) is 14.5 Å². The van der Waals surface area contributed by atoms with Crippen molar-refractivity contribution in [1.29, 1.82) is 0 Å². The zero-order valence-electron chi connectivity index (χ0n) is 10.8. The predicted molar refractivity (Wildman–Crippen MR) is 91.1 cm³/mol. The molecule has 0 heterocycles. The van der Waals surface area contributed by atoms with Crippen LogP contribution in [-0.4, -0.2) is 6.54 Å². The molecule has 0 spiro atoms. The lowest BCUT2D eigenvalue weighted by Crippen LogP contribution is -2.22. The van der Waals surface area contributed by atoms with Crippen molar-refractivity contribution >= 4 is 50.7 Å². The van der Waals surface area contributed by atoms with Gasteiger partial charge in [-0.2, -0.15) is 0 Å². The fraction of sp³-hybridized carbons (Fsp3) is 0.200. The van der Waals surface area contributed by atoms with Crippen molar-refractivity contribution in [3.05, 3.63) is 67.1 Å². The molecular weight excluding hydrogens is 380 g/mol. The van der Waals surface area contributed by atoms with Crippen LogP contribution in [0.1, 0.15) is 24.1 Å². The minimum atomic E-state index is -0.101. The fourth-order valence-electron chi connectivity index (χ4n) is 2.07. The molecule has 2 rings (SSSR count). The molecule has 1 atom stereocenters. The first kappa shape index (κ1) is 16.1. The standard InChI is InChI=1S/C15H13BrCl3N/c1-2-20-15(10-4-3-5-12(16)14(10)19)11-8-9(17)6-7-13(11)18/h3-8,15,20H,2H2,1H3. The van der Waals surface area contributed by atoms with E-state index in [9.17, 15) is 0 Å². The van der Waals surface area contributed by atoms with Crippen LogP contribution < -0.4 is 5.32 Å². The first-order valence-corrected chi connectivity index (χ1v) is 8.09. The van der Waals surface area contributed by atoms with Crippen LogP contribution in [0.5, 0.6) is 0 Å². The topological polar surface area (TPSA) is 12.0 Å². The molecule has 20 heavy (non-hydrogen) atoms. The van der Waals surface area contributed by atoms with Gasteiger partial charge < -0.3 is 5.32 Å². The molecule has 106 valence electrons. The second kappa shape index (κ2) is 7.15. The number of rotatable bonds is 4. The number of benzene rings is 2. The van der Waals surface area contributed by atoms with Crippen LogP contribution >= 0.6 is 50.7 Å². The lowest BCUT2D eigenvalue weighted by Gasteiger charge is -2.22. The van der Waals surface area contributed by atoms with Crippen LogP contribution in [0.3, 0.4) is 0 Å². The first-order valence-electron chi connectivity index (χ1n) is 6.16. The van der Waals surface area contributed by atoms with Crippen molar-refractivity contribution in [1.82, 2.24) is 5.32 Å². The normalized spacial score (nSPS) is 12.4. The average molecular weight is 394 g/mol. The van der Waals surface area contributed by atoms with Gasteiger partial charge in [-0.25, -0.2) is 0 Å². The minimum absolute atomic E-state index is 0.101. The Bertz CT molecular complexity index is 614. The van der Waals surface area contributed by atoms with Gasteiger partial charge in [0.25, 0.3) is 0 Å². The van der Waals surface area contributed by atoms with Crippen LogP contribution in [0.15, 0.2) is 40.9 Å². The maximum atomic E-state index is 6.40. The van der Waals surface area contributed by atoms with Crippen LogP contribution in [0.4, 0.5) is 0 Å². The third-order valence-electron chi connectivity index (χ3n) is 2.97. The number of hydrogen-bond acceptors (Lipinski definition) is 1. The second-order valence-electron chi connectivity index (χ2n) is 4.30. The summed E-state index contributed by atoms with van der Waals surface area (Å²) in [5.41, 5.74) is 1.88. The van der Waals surface area contributed by atoms with E-state index in [1.54, 1.807) is 12.1 Å². The average Bonchev–Trinajstić information content (AvgIpc) is 2.43. The Balaban J connectivity index is 2.56. The molecule has 0 aliphatic carbocycles. The maximum Gasteiger partial charge on any atom is 0.0607 e. The lowest BCUT2D eigenvalue weighted by molar-refractivity contribution is 0.631. The highest BCUT2D eigenvalue weighted by molar-refractivity contribution is 9.10. The van der Waals surface area contributed by atoms with E-state index in [1.165, 1.54) is 0 Å². The molecule has 1 nitrogen and oxygen atoms in total. The van der Waals surface area contributed by atoms with Gasteiger partial charge >= 0.3 is 0 Å². The van der Waals surface area contributed by atoms with Crippen LogP contribution in [0.25, 0.3) is 0 Å². The Morgan fingerprint density at radius 3 is 2.55 bits per heavy atom. The molecular formula is C15H13BrCl3N. The molecule has 0 amide bonds. The monoisotopic (exact) mass is 391 g/mol. The number of hydrogen-bond donors (Lipinski definition) is 1. The smallest absolute Gasteiger partial charge is 0.0607 e. The fourth-order valence-corrected chi connectivity index (χ4v) is 3.09. The summed E-state index contributed by atoms with van der Waals surface area (Å²) in [6, 6.07) is 11.2. The summed E-state index contributed by atoms with van der Waals surface area (Å²) in [6.07, 6.45) is 0. The molecule has 0 bridgehead atoms. The summed E-state index contributed by atoms with van der Waals surface area (Å²) in [5, 5.41) is 5.39. The Morgan fingerprint density at radius 2 is 1.85 bits per heavy atom. The van der Waals surface area contributed by atoms with Crippen molar-refractivity contribution in [3.63, 3.8) is 0 Å². The molecule has 0 aliphatic heterocycles. The lowest BCUT2D eigenvalue weighted by atomic mass is 9.98. The highest BCUT2D eigenvalue weighted by atomic mass is 79.9. The summed E-state index contributed by atoms with van der Waals surface area (Å²) in [7, 11) is 0. The van der Waals surface area contributed by atoms with Crippen molar-refractivity contribution < 1.29 is 0 Å². The van der Waals surface area contributed by atoms with Gasteiger partial charge in [-0.3, -0.25) is 0 Å². The van der Waals surface area contributed by atoms with E-state index >= 15 is 0 Å². The van der Waals surface area contributed by atoms with Gasteiger partial charge in [-0.1, -0.05) is 53.9 Å². The molecule has 1 unspecified atom stereocenters. The highest BCUT2D eigenvalue weighted by Crippen LogP contribution is 2.36. The Hall–Kier alpha value is -0.250. The third-order valence-corrected chi connectivity index (χ3v) is 4.86. The molecule has 0 fully saturated rings. The molecule has 0 saturated carbocycles. The quantitative estimate of drug-likeness (QED) is 0.661. The van der Waals surface area contributed by atoms with Gasteiger partial charge in [0.05, 0.1) is 11.1 Å². The molecule has 0 radical (unpaired) electrons. The molecule has 0 saturated heterocycles. The number of halogens is 4. The van der Waals surface area contributed by atoms with Crippen LogP contribution in [0.2, 0.25) is 15.1 Å². The summed E-state index contributed by atoms with van der Waals surface area (Å²) in [6.45, 7) is 2.83. The molecule has 2 aromatic rings. The zero-order chi connectivity index (χ0) is 14.7. The predicted octanol–water partition coefficient (Wildman–Crippen LogP) is 6.11. The van der Waals surface area contributed by atoms with Gasteiger partial charge in [0.2, 0.25) is 0 Å². The highest BCUT2D eigenvalue weighted by Gasteiger charge is 2.20. The van der Waals surface area contributed by atoms with E-state index in [4.69, 9.17) is 34.8 Å². The summed E-state index contributed by atoms with van der Waals surface area (Å²) < 4.78 is 0.859. The van der Waals surface area contributed by atoms with Crippen molar-refractivity contribution in [2.75, 3.05) is 6.54 Å². The second-order valence-corrected chi connectivity index (χ2v) is 6.38. The van der Waals surface area contributed by atoms with Gasteiger partial charge in [-0.15, -0.1) is 0 Å². The van der Waals surface area contributed by atoms with E-state index in [0.717, 1.165) is 22.1 Å². The summed E-state index contributed by atoms with van der Waals surface area (Å²) >= 11 is 22.3. The SMILES string of the molecule is CCNC(c1cc(Cl)ccc1Cl)c1cccc(Br)c1Cl. The third kappa shape index (κ3) is 3.49. The number of nitrogens with one attached hydrogen (secondary N) is 1. The van der Waals surface area contributed by atoms with Crippen LogP contribution in [-0.2, 0) is 0 Å².